The minimum Gasteiger partial charge on any atom is -0.392 e. The zero-order valence-corrected chi connectivity index (χ0v) is 10.8. The molecule has 0 fully saturated rings. The van der Waals surface area contributed by atoms with Gasteiger partial charge in [0.2, 0.25) is 0 Å². The summed E-state index contributed by atoms with van der Waals surface area (Å²) in [5.41, 5.74) is 4.63. The first-order valence-corrected chi connectivity index (χ1v) is 5.96. The number of halogens is 2. The van der Waals surface area contributed by atoms with Gasteiger partial charge in [0.25, 0.3) is 0 Å². The number of aliphatic hydroxyl groups is 2. The molecular formula is C10H11BrFN3O3. The molecule has 0 aromatic carbocycles. The molecule has 0 radical (unpaired) electrons. The van der Waals surface area contributed by atoms with Gasteiger partial charge in [0.15, 0.2) is 0 Å². The van der Waals surface area contributed by atoms with Gasteiger partial charge in [-0.2, -0.15) is 4.98 Å². The topological polar surface area (TPSA) is 101 Å². The van der Waals surface area contributed by atoms with E-state index in [2.05, 4.69) is 20.9 Å². The molecule has 2 atom stereocenters. The second kappa shape index (κ2) is 4.79. The van der Waals surface area contributed by atoms with Gasteiger partial charge in [0.05, 0.1) is 23.2 Å². The van der Waals surface area contributed by atoms with E-state index in [0.29, 0.717) is 4.47 Å². The van der Waals surface area contributed by atoms with Gasteiger partial charge in [-0.3, -0.25) is 4.57 Å². The van der Waals surface area contributed by atoms with Gasteiger partial charge in [-0.1, -0.05) is 0 Å². The molecule has 0 amide bonds. The largest absolute Gasteiger partial charge is 0.392 e. The van der Waals surface area contributed by atoms with E-state index >= 15 is 0 Å². The van der Waals surface area contributed by atoms with Crippen LogP contribution in [0.15, 0.2) is 26.9 Å². The summed E-state index contributed by atoms with van der Waals surface area (Å²) in [6, 6.07) is -0.959. The molecule has 4 N–H and O–H groups in total. The summed E-state index contributed by atoms with van der Waals surface area (Å²) in [6.45, 7) is -0.582. The quantitative estimate of drug-likeness (QED) is 0.718. The lowest BCUT2D eigenvalue weighted by molar-refractivity contribution is 0.181. The third kappa shape index (κ3) is 2.06. The van der Waals surface area contributed by atoms with Crippen LogP contribution in [0.3, 0.4) is 0 Å². The number of anilines is 1. The minimum atomic E-state index is -1.09. The highest BCUT2D eigenvalue weighted by molar-refractivity contribution is 9.10. The monoisotopic (exact) mass is 319 g/mol. The lowest BCUT2D eigenvalue weighted by Gasteiger charge is -2.14. The van der Waals surface area contributed by atoms with E-state index < -0.39 is 30.3 Å². The predicted molar refractivity (Wildman–Crippen MR) is 65.5 cm³/mol. The number of nitrogens with two attached hydrogens (primary N) is 1. The molecule has 18 heavy (non-hydrogen) atoms. The molecule has 0 saturated carbocycles. The van der Waals surface area contributed by atoms with Crippen molar-refractivity contribution in [2.24, 2.45) is 0 Å². The molecule has 0 aliphatic heterocycles. The number of hydrogen-bond donors (Lipinski definition) is 3. The Balaban J connectivity index is 2.49. The fraction of sp³-hybridized carbons (Fsp3) is 0.400. The molecule has 0 unspecified atom stereocenters. The summed E-state index contributed by atoms with van der Waals surface area (Å²) in [5, 5.41) is 18.5. The maximum Gasteiger partial charge on any atom is 0.350 e. The molecular weight excluding hydrogens is 309 g/mol. The second-order valence-electron chi connectivity index (χ2n) is 3.96. The summed E-state index contributed by atoms with van der Waals surface area (Å²) in [4.78, 5) is 15.2. The van der Waals surface area contributed by atoms with Crippen molar-refractivity contribution in [1.82, 2.24) is 9.55 Å². The molecule has 1 aromatic heterocycles. The maximum atomic E-state index is 13.9. The number of aliphatic hydroxyl groups excluding tert-OH is 2. The van der Waals surface area contributed by atoms with E-state index in [0.717, 1.165) is 4.57 Å². The van der Waals surface area contributed by atoms with Gasteiger partial charge in [-0.15, -0.1) is 0 Å². The fourth-order valence-electron chi connectivity index (χ4n) is 1.93. The van der Waals surface area contributed by atoms with Crippen molar-refractivity contribution in [2.75, 3.05) is 12.3 Å². The highest BCUT2D eigenvalue weighted by Gasteiger charge is 2.34. The average molecular weight is 320 g/mol. The number of allylic oxidation sites excluding steroid dienone is 1. The smallest absolute Gasteiger partial charge is 0.350 e. The third-order valence-corrected chi connectivity index (χ3v) is 3.50. The summed E-state index contributed by atoms with van der Waals surface area (Å²) < 4.78 is 15.3. The van der Waals surface area contributed by atoms with Crippen molar-refractivity contribution in [3.8, 4) is 0 Å². The summed E-state index contributed by atoms with van der Waals surface area (Å²) in [7, 11) is 0. The van der Waals surface area contributed by atoms with E-state index in [9.17, 15) is 14.3 Å². The number of aromatic nitrogens is 2. The van der Waals surface area contributed by atoms with Crippen molar-refractivity contribution in [2.45, 2.75) is 18.6 Å². The normalized spacial score (nSPS) is 23.8. The van der Waals surface area contributed by atoms with Crippen LogP contribution in [0.4, 0.5) is 10.2 Å². The van der Waals surface area contributed by atoms with Crippen molar-refractivity contribution < 1.29 is 14.6 Å². The highest BCUT2D eigenvalue weighted by Crippen LogP contribution is 2.36. The number of rotatable bonds is 2. The van der Waals surface area contributed by atoms with E-state index in [1.165, 1.54) is 6.20 Å². The predicted octanol–water partition coefficient (Wildman–Crippen LogP) is 0.110. The zero-order valence-electron chi connectivity index (χ0n) is 9.18. The van der Waals surface area contributed by atoms with E-state index in [1.807, 2.05) is 0 Å². The SMILES string of the molecule is Nc1nc(=O)n([C@H]2C[C@@H](O)C(CO)=C2F)cc1Br. The Hall–Kier alpha value is -1.25. The molecule has 0 spiro atoms. The summed E-state index contributed by atoms with van der Waals surface area (Å²) in [5.74, 6) is -0.688. The van der Waals surface area contributed by atoms with Crippen molar-refractivity contribution in [1.29, 1.82) is 0 Å². The lowest BCUT2D eigenvalue weighted by Crippen LogP contribution is -2.27. The van der Waals surface area contributed by atoms with E-state index in [4.69, 9.17) is 10.8 Å². The van der Waals surface area contributed by atoms with Gasteiger partial charge in [-0.25, -0.2) is 9.18 Å². The van der Waals surface area contributed by atoms with Crippen LogP contribution in [0.25, 0.3) is 0 Å². The van der Waals surface area contributed by atoms with Gasteiger partial charge >= 0.3 is 5.69 Å². The Morgan fingerprint density at radius 1 is 1.67 bits per heavy atom. The van der Waals surface area contributed by atoms with Crippen molar-refractivity contribution in [3.05, 3.63) is 32.6 Å². The zero-order chi connectivity index (χ0) is 13.4. The number of nitrogens with zero attached hydrogens (tertiary/aromatic N) is 2. The Morgan fingerprint density at radius 3 is 2.89 bits per heavy atom. The summed E-state index contributed by atoms with van der Waals surface area (Å²) in [6.07, 6.45) is 0.213. The van der Waals surface area contributed by atoms with Crippen LogP contribution in [0.2, 0.25) is 0 Å². The van der Waals surface area contributed by atoms with Crippen LogP contribution in [0.5, 0.6) is 0 Å². The highest BCUT2D eigenvalue weighted by atomic mass is 79.9. The third-order valence-electron chi connectivity index (χ3n) is 2.89. The standard InChI is InChI=1S/C10H11BrFN3O3/c11-5-2-15(10(18)14-9(5)13)6-1-7(17)4(3-16)8(6)12/h2,6-7,16-17H,1,3H2,(H2,13,14,18)/t6-,7+/m0/s1. The van der Waals surface area contributed by atoms with Crippen LogP contribution in [-0.4, -0.2) is 32.5 Å². The van der Waals surface area contributed by atoms with Crippen molar-refractivity contribution >= 4 is 21.7 Å². The molecule has 98 valence electrons. The molecule has 0 saturated heterocycles. The fourth-order valence-corrected chi connectivity index (χ4v) is 2.24. The van der Waals surface area contributed by atoms with E-state index in [1.54, 1.807) is 0 Å². The Kier molecular flexibility index (Phi) is 3.51. The van der Waals surface area contributed by atoms with Crippen molar-refractivity contribution in [3.63, 3.8) is 0 Å². The number of hydrogen-bond acceptors (Lipinski definition) is 5. The van der Waals surface area contributed by atoms with Crippen LogP contribution in [0, 0.1) is 0 Å². The molecule has 0 bridgehead atoms. The molecule has 1 aliphatic carbocycles. The van der Waals surface area contributed by atoms with Gasteiger partial charge in [0, 0.05) is 18.2 Å². The summed E-state index contributed by atoms with van der Waals surface area (Å²) >= 11 is 3.10. The first kappa shape index (κ1) is 13.2. The van der Waals surface area contributed by atoms with Crippen LogP contribution in [0.1, 0.15) is 12.5 Å². The molecule has 1 aromatic rings. The minimum absolute atomic E-state index is 0.0142. The van der Waals surface area contributed by atoms with Gasteiger partial charge in [-0.05, 0) is 15.9 Å². The van der Waals surface area contributed by atoms with Gasteiger partial charge in [0.1, 0.15) is 11.6 Å². The second-order valence-corrected chi connectivity index (χ2v) is 4.82. The molecule has 6 nitrogen and oxygen atoms in total. The van der Waals surface area contributed by atoms with Crippen LogP contribution < -0.4 is 11.4 Å². The molecule has 1 aliphatic rings. The molecule has 2 rings (SSSR count). The maximum absolute atomic E-state index is 13.9. The average Bonchev–Trinajstić information content (AvgIpc) is 2.59. The first-order valence-electron chi connectivity index (χ1n) is 5.17. The Labute approximate surface area is 110 Å². The Bertz CT molecular complexity index is 572. The van der Waals surface area contributed by atoms with Crippen LogP contribution >= 0.6 is 15.9 Å². The number of nitrogen functional groups attached to an aromatic ring is 1. The van der Waals surface area contributed by atoms with Crippen LogP contribution in [-0.2, 0) is 0 Å². The van der Waals surface area contributed by atoms with E-state index in [-0.39, 0.29) is 17.8 Å². The van der Waals surface area contributed by atoms with Gasteiger partial charge < -0.3 is 15.9 Å². The Morgan fingerprint density at radius 2 is 2.33 bits per heavy atom. The molecule has 1 heterocycles. The molecule has 8 heteroatoms. The lowest BCUT2D eigenvalue weighted by atomic mass is 10.2. The first-order chi connectivity index (χ1) is 8.45.